The summed E-state index contributed by atoms with van der Waals surface area (Å²) < 4.78 is 10.0. The minimum absolute atomic E-state index is 0.955. The van der Waals surface area contributed by atoms with Crippen LogP contribution in [0.4, 0.5) is 34.1 Å². The average Bonchev–Trinajstić information content (AvgIpc) is 1.72. The van der Waals surface area contributed by atoms with Crippen LogP contribution in [0.25, 0.3) is 128 Å². The molecule has 0 bridgehead atoms. The van der Waals surface area contributed by atoms with Crippen LogP contribution in [0, 0.1) is 0 Å². The van der Waals surface area contributed by atoms with E-state index in [1.807, 2.05) is 22.7 Å². The minimum atomic E-state index is 0.955. The van der Waals surface area contributed by atoms with Crippen molar-refractivity contribution in [3.05, 3.63) is 313 Å². The van der Waals surface area contributed by atoms with Crippen LogP contribution in [-0.4, -0.2) is 9.13 Å². The van der Waals surface area contributed by atoms with Crippen molar-refractivity contribution in [2.45, 2.75) is 12.8 Å². The Bertz CT molecular complexity index is 5690. The Morgan fingerprint density at radius 2 is 0.556 bits per heavy atom. The van der Waals surface area contributed by atoms with Crippen LogP contribution in [0.5, 0.6) is 0 Å². The summed E-state index contributed by atoms with van der Waals surface area (Å²) in [4.78, 5) is 4.97. The van der Waals surface area contributed by atoms with Crippen LogP contribution in [0.1, 0.15) is 22.3 Å². The van der Waals surface area contributed by atoms with E-state index in [9.17, 15) is 0 Å². The summed E-state index contributed by atoms with van der Waals surface area (Å²) in [5, 5.41) is 12.7. The van der Waals surface area contributed by atoms with Crippen molar-refractivity contribution in [1.29, 1.82) is 0 Å². The van der Waals surface area contributed by atoms with Gasteiger partial charge in [0.1, 0.15) is 0 Å². The Kier molecular flexibility index (Phi) is 10.7. The summed E-state index contributed by atoms with van der Waals surface area (Å²) in [6, 6.07) is 109. The topological polar surface area (TPSA) is 16.3 Å². The van der Waals surface area contributed by atoms with Crippen molar-refractivity contribution in [2.75, 3.05) is 9.80 Å². The first kappa shape index (κ1) is 50.0. The molecule has 0 spiro atoms. The summed E-state index contributed by atoms with van der Waals surface area (Å²) in [6.07, 6.45) is 1.91. The van der Waals surface area contributed by atoms with Crippen LogP contribution >= 0.6 is 22.7 Å². The molecule has 4 heterocycles. The van der Waals surface area contributed by atoms with Gasteiger partial charge in [0.25, 0.3) is 0 Å². The predicted octanol–water partition coefficient (Wildman–Crippen LogP) is 23.9. The van der Waals surface area contributed by atoms with Crippen LogP contribution in [0.15, 0.2) is 291 Å². The molecule has 20 rings (SSSR count). The quantitative estimate of drug-likeness (QED) is 0.151. The zero-order valence-corrected chi connectivity index (χ0v) is 50.4. The van der Waals surface area contributed by atoms with E-state index in [1.165, 1.54) is 139 Å². The second-order valence-electron chi connectivity index (χ2n) is 24.3. The molecule has 2 aliphatic rings. The molecule has 0 saturated heterocycles. The van der Waals surface area contributed by atoms with E-state index in [0.29, 0.717) is 0 Å². The normalized spacial score (nSPS) is 12.6. The van der Waals surface area contributed by atoms with Crippen LogP contribution in [0.3, 0.4) is 0 Å². The van der Waals surface area contributed by atoms with Crippen LogP contribution in [-0.2, 0) is 12.8 Å². The van der Waals surface area contributed by atoms with Gasteiger partial charge >= 0.3 is 0 Å². The molecule has 90 heavy (non-hydrogen) atoms. The molecular weight excluding hydrogens is 1130 g/mol. The number of rotatable bonds is 8. The van der Waals surface area contributed by atoms with Gasteiger partial charge in [0.2, 0.25) is 0 Å². The fourth-order valence-electron chi connectivity index (χ4n) is 15.4. The smallest absolute Gasteiger partial charge is 0.0561 e. The number of nitrogens with zero attached hydrogens (tertiary/aromatic N) is 4. The van der Waals surface area contributed by atoms with Gasteiger partial charge in [0.05, 0.1) is 22.1 Å². The van der Waals surface area contributed by atoms with Crippen LogP contribution < -0.4 is 9.80 Å². The Labute approximate surface area is 526 Å². The lowest BCUT2D eigenvalue weighted by Crippen LogP contribution is -2.10. The third-order valence-corrected chi connectivity index (χ3v) is 21.9. The second kappa shape index (κ2) is 19.2. The molecule has 0 N–H and O–H groups in total. The molecule has 4 nitrogen and oxygen atoms in total. The highest BCUT2D eigenvalue weighted by Crippen LogP contribution is 2.51. The molecule has 0 fully saturated rings. The maximum Gasteiger partial charge on any atom is 0.0561 e. The molecule has 0 amide bonds. The molecule has 0 aliphatic heterocycles. The molecule has 0 atom stereocenters. The van der Waals surface area contributed by atoms with Crippen molar-refractivity contribution in [2.24, 2.45) is 0 Å². The third-order valence-electron chi connectivity index (χ3n) is 19.5. The molecule has 18 aromatic rings. The van der Waals surface area contributed by atoms with Crippen molar-refractivity contribution < 1.29 is 0 Å². The monoisotopic (exact) mass is 1180 g/mol. The number of para-hydroxylation sites is 4. The zero-order chi connectivity index (χ0) is 58.7. The lowest BCUT2D eigenvalue weighted by molar-refractivity contribution is 1.18. The Hall–Kier alpha value is -11.0. The van der Waals surface area contributed by atoms with E-state index < -0.39 is 0 Å². The molecule has 420 valence electrons. The third kappa shape index (κ3) is 7.40. The van der Waals surface area contributed by atoms with E-state index in [1.54, 1.807) is 0 Å². The lowest BCUT2D eigenvalue weighted by atomic mass is 10.0. The van der Waals surface area contributed by atoms with E-state index >= 15 is 0 Å². The number of benzene rings is 14. The summed E-state index contributed by atoms with van der Waals surface area (Å²) in [7, 11) is 0. The predicted molar refractivity (Wildman–Crippen MR) is 384 cm³/mol. The highest BCUT2D eigenvalue weighted by Gasteiger charge is 2.26. The zero-order valence-electron chi connectivity index (χ0n) is 48.7. The van der Waals surface area contributed by atoms with Gasteiger partial charge in [0.15, 0.2) is 0 Å². The van der Waals surface area contributed by atoms with Gasteiger partial charge in [-0.25, -0.2) is 0 Å². The highest BCUT2D eigenvalue weighted by molar-refractivity contribution is 7.28. The minimum Gasteiger partial charge on any atom is -0.310 e. The second-order valence-corrected chi connectivity index (χ2v) is 26.4. The molecule has 6 heteroatoms. The van der Waals surface area contributed by atoms with Gasteiger partial charge in [-0.15, -0.1) is 22.7 Å². The Morgan fingerprint density at radius 3 is 1.01 bits per heavy atom. The van der Waals surface area contributed by atoms with Crippen molar-refractivity contribution in [1.82, 2.24) is 9.13 Å². The summed E-state index contributed by atoms with van der Waals surface area (Å²) in [5.74, 6) is 0. The number of hydrogen-bond acceptors (Lipinski definition) is 4. The van der Waals surface area contributed by atoms with Crippen molar-refractivity contribution in [3.8, 4) is 33.6 Å². The Morgan fingerprint density at radius 1 is 0.233 bits per heavy atom. The van der Waals surface area contributed by atoms with Gasteiger partial charge in [-0.3, -0.25) is 0 Å². The molecule has 0 radical (unpaired) electrons. The molecule has 14 aromatic carbocycles. The molecular formula is C84H52N4S2. The summed E-state index contributed by atoms with van der Waals surface area (Å²) in [5.41, 5.74) is 24.6. The summed E-state index contributed by atoms with van der Waals surface area (Å²) >= 11 is 3.83. The number of aromatic nitrogens is 2. The maximum absolute atomic E-state index is 2.48. The lowest BCUT2D eigenvalue weighted by Gasteiger charge is -2.26. The number of hydrogen-bond donors (Lipinski definition) is 0. The SMILES string of the molecule is c1ccc(-n2c3ccccc3c3ccc(N(c4ccc5c(c4)-c4ccccc4C5)c4ccc5c(c4)sc4c5ccc5c4ccc4c6ccc(N(c7ccc8c(c7)-c7ccccc7C8)c7ccc8c9ccccc9n(-c9ccccc9)c8c7)cc6sc45)cc32)cc1. The first-order chi connectivity index (χ1) is 44.6. The van der Waals surface area contributed by atoms with E-state index in [0.717, 1.165) is 58.3 Å². The van der Waals surface area contributed by atoms with Gasteiger partial charge in [-0.2, -0.15) is 0 Å². The molecule has 4 aromatic heterocycles. The number of anilines is 6. The van der Waals surface area contributed by atoms with Crippen molar-refractivity contribution in [3.63, 3.8) is 0 Å². The Balaban J connectivity index is 0.733. The fraction of sp³-hybridized carbons (Fsp3) is 0.0238. The first-order valence-corrected chi connectivity index (χ1v) is 32.7. The van der Waals surface area contributed by atoms with Gasteiger partial charge in [-0.05, 0) is 167 Å². The molecule has 0 saturated carbocycles. The molecule has 0 unspecified atom stereocenters. The maximum atomic E-state index is 2.48. The largest absolute Gasteiger partial charge is 0.310 e. The molecule has 2 aliphatic carbocycles. The first-order valence-electron chi connectivity index (χ1n) is 31.0. The van der Waals surface area contributed by atoms with Gasteiger partial charge in [-0.1, -0.05) is 182 Å². The van der Waals surface area contributed by atoms with Gasteiger partial charge < -0.3 is 18.9 Å². The van der Waals surface area contributed by atoms with Gasteiger partial charge in [0, 0.05) is 118 Å². The fourth-order valence-corrected chi connectivity index (χ4v) is 18.0. The van der Waals surface area contributed by atoms with E-state index in [2.05, 4.69) is 310 Å². The number of fused-ring (bicyclic) bond motifs is 21. The van der Waals surface area contributed by atoms with Crippen LogP contribution in [0.2, 0.25) is 0 Å². The standard InChI is InChI=1S/C84H52N4S2/c1-3-17-55(18-4-1)87-77-25-13-11-23-65(77)67-35-31-59(47-79(67)87)85(57-29-27-53-43-51-15-7-9-21-63(51)75(53)45-57)61-33-37-69-71-39-41-74-73(83(71)89-81(69)49-61)42-40-72-70-38-34-62(50-82(70)90-84(72)74)86(58-30-28-54-44-52-16-8-10-22-64(52)76(54)46-58)60-32-36-68-66-24-12-14-26-78(66)88(80(68)48-60)56-19-5-2-6-20-56/h1-42,45-50H,43-44H2. The number of thiophene rings is 2. The van der Waals surface area contributed by atoms with E-state index in [-0.39, 0.29) is 0 Å². The summed E-state index contributed by atoms with van der Waals surface area (Å²) in [6.45, 7) is 0. The average molecular weight is 1180 g/mol. The highest BCUT2D eigenvalue weighted by atomic mass is 32.1. The van der Waals surface area contributed by atoms with Crippen molar-refractivity contribution >= 4 is 152 Å². The van der Waals surface area contributed by atoms with E-state index in [4.69, 9.17) is 0 Å².